The number of rotatable bonds is 3. The van der Waals surface area contributed by atoms with E-state index in [1.807, 2.05) is 6.92 Å². The monoisotopic (exact) mass is 259 g/mol. The summed E-state index contributed by atoms with van der Waals surface area (Å²) in [4.78, 5) is 10.2. The standard InChI is InChI=1S/C9H10BrNO3/c1-6(10)4-7-2-3-9(12)8(5-7)11(13)14/h2-3,5-6,12H,4H2,1H3. The summed E-state index contributed by atoms with van der Waals surface area (Å²) in [5.41, 5.74) is 0.592. The molecule has 14 heavy (non-hydrogen) atoms. The van der Waals surface area contributed by atoms with Crippen molar-refractivity contribution in [2.75, 3.05) is 0 Å². The van der Waals surface area contributed by atoms with Crippen molar-refractivity contribution in [3.05, 3.63) is 33.9 Å². The fraction of sp³-hybridized carbons (Fsp3) is 0.333. The van der Waals surface area contributed by atoms with Gasteiger partial charge in [-0.3, -0.25) is 10.1 Å². The molecule has 1 aromatic rings. The number of nitro groups is 1. The van der Waals surface area contributed by atoms with Gasteiger partial charge in [-0.1, -0.05) is 28.9 Å². The lowest BCUT2D eigenvalue weighted by Gasteiger charge is -2.03. The van der Waals surface area contributed by atoms with Gasteiger partial charge in [0.1, 0.15) is 0 Å². The molecule has 0 fully saturated rings. The van der Waals surface area contributed by atoms with Crippen molar-refractivity contribution in [3.63, 3.8) is 0 Å². The van der Waals surface area contributed by atoms with Gasteiger partial charge >= 0.3 is 5.69 Å². The van der Waals surface area contributed by atoms with E-state index in [0.717, 1.165) is 5.56 Å². The van der Waals surface area contributed by atoms with Crippen LogP contribution in [0.15, 0.2) is 18.2 Å². The van der Waals surface area contributed by atoms with E-state index in [1.54, 1.807) is 6.07 Å². The minimum Gasteiger partial charge on any atom is -0.502 e. The summed E-state index contributed by atoms with van der Waals surface area (Å²) in [6.45, 7) is 1.96. The molecule has 0 radical (unpaired) electrons. The van der Waals surface area contributed by atoms with Gasteiger partial charge in [-0.2, -0.15) is 0 Å². The lowest BCUT2D eigenvalue weighted by molar-refractivity contribution is -0.385. The van der Waals surface area contributed by atoms with Crippen LogP contribution in [0.25, 0.3) is 0 Å². The summed E-state index contributed by atoms with van der Waals surface area (Å²) in [7, 11) is 0. The number of aromatic hydroxyl groups is 1. The van der Waals surface area contributed by atoms with E-state index in [0.29, 0.717) is 6.42 Å². The molecule has 1 N–H and O–H groups in total. The van der Waals surface area contributed by atoms with Crippen molar-refractivity contribution in [3.8, 4) is 5.75 Å². The summed E-state index contributed by atoms with van der Waals surface area (Å²) < 4.78 is 0. The number of phenolic OH excluding ortho intramolecular Hbond substituents is 1. The quantitative estimate of drug-likeness (QED) is 0.516. The molecule has 0 saturated heterocycles. The molecule has 0 aliphatic rings. The Kier molecular flexibility index (Phi) is 3.46. The number of benzene rings is 1. The highest BCUT2D eigenvalue weighted by Gasteiger charge is 2.13. The minimum absolute atomic E-state index is 0.240. The first-order valence-corrected chi connectivity index (χ1v) is 5.02. The van der Waals surface area contributed by atoms with Gasteiger partial charge in [0, 0.05) is 10.9 Å². The van der Waals surface area contributed by atoms with Gasteiger partial charge in [0.25, 0.3) is 0 Å². The molecule has 1 rings (SSSR count). The molecule has 0 aliphatic heterocycles. The van der Waals surface area contributed by atoms with Crippen LogP contribution in [0, 0.1) is 10.1 Å². The summed E-state index contributed by atoms with van der Waals surface area (Å²) in [5, 5.41) is 19.7. The Morgan fingerprint density at radius 2 is 2.29 bits per heavy atom. The Morgan fingerprint density at radius 3 is 2.79 bits per heavy atom. The zero-order valence-electron chi connectivity index (χ0n) is 7.61. The number of alkyl halides is 1. The van der Waals surface area contributed by atoms with Crippen LogP contribution in [0.2, 0.25) is 0 Å². The molecule has 1 unspecified atom stereocenters. The minimum atomic E-state index is -0.586. The van der Waals surface area contributed by atoms with Gasteiger partial charge in [0.2, 0.25) is 0 Å². The number of nitrogens with zero attached hydrogens (tertiary/aromatic N) is 1. The molecule has 0 aromatic heterocycles. The van der Waals surface area contributed by atoms with Crippen molar-refractivity contribution in [1.29, 1.82) is 0 Å². The topological polar surface area (TPSA) is 63.4 Å². The zero-order valence-corrected chi connectivity index (χ0v) is 9.19. The Morgan fingerprint density at radius 1 is 1.64 bits per heavy atom. The van der Waals surface area contributed by atoms with Crippen LogP contribution in [0.4, 0.5) is 5.69 Å². The average Bonchev–Trinajstić information content (AvgIpc) is 2.07. The molecule has 5 heteroatoms. The van der Waals surface area contributed by atoms with E-state index in [-0.39, 0.29) is 16.3 Å². The van der Waals surface area contributed by atoms with Crippen LogP contribution >= 0.6 is 15.9 Å². The number of hydrogen-bond donors (Lipinski definition) is 1. The van der Waals surface area contributed by atoms with Gasteiger partial charge in [-0.25, -0.2) is 0 Å². The normalized spacial score (nSPS) is 12.4. The van der Waals surface area contributed by atoms with Crippen molar-refractivity contribution in [2.24, 2.45) is 0 Å². The van der Waals surface area contributed by atoms with Gasteiger partial charge in [0.15, 0.2) is 5.75 Å². The molecule has 0 saturated carbocycles. The van der Waals surface area contributed by atoms with Crippen LogP contribution in [-0.4, -0.2) is 14.9 Å². The summed E-state index contributed by atoms with van der Waals surface area (Å²) in [6.07, 6.45) is 0.696. The largest absolute Gasteiger partial charge is 0.502 e. The van der Waals surface area contributed by atoms with Crippen molar-refractivity contribution >= 4 is 21.6 Å². The first kappa shape index (κ1) is 11.0. The molecular formula is C9H10BrNO3. The van der Waals surface area contributed by atoms with Crippen LogP contribution in [0.1, 0.15) is 12.5 Å². The van der Waals surface area contributed by atoms with Gasteiger partial charge in [-0.15, -0.1) is 0 Å². The number of hydrogen-bond acceptors (Lipinski definition) is 3. The van der Waals surface area contributed by atoms with Crippen LogP contribution in [0.5, 0.6) is 5.75 Å². The molecule has 1 aromatic carbocycles. The van der Waals surface area contributed by atoms with Crippen molar-refractivity contribution in [2.45, 2.75) is 18.2 Å². The summed E-state index contributed by atoms with van der Waals surface area (Å²) in [6, 6.07) is 4.43. The van der Waals surface area contributed by atoms with Crippen LogP contribution in [-0.2, 0) is 6.42 Å². The molecule has 4 nitrogen and oxygen atoms in total. The Balaban J connectivity index is 3.00. The van der Waals surface area contributed by atoms with Crippen LogP contribution < -0.4 is 0 Å². The number of halogens is 1. The van der Waals surface area contributed by atoms with E-state index in [4.69, 9.17) is 0 Å². The third-order valence-corrected chi connectivity index (χ3v) is 2.08. The summed E-state index contributed by atoms with van der Waals surface area (Å²) >= 11 is 3.36. The maximum atomic E-state index is 10.5. The zero-order chi connectivity index (χ0) is 10.7. The van der Waals surface area contributed by atoms with Crippen molar-refractivity contribution in [1.82, 2.24) is 0 Å². The number of nitro benzene ring substituents is 1. The maximum absolute atomic E-state index is 10.5. The molecule has 0 aliphatic carbocycles. The van der Waals surface area contributed by atoms with E-state index < -0.39 is 4.92 Å². The summed E-state index contributed by atoms with van der Waals surface area (Å²) in [5.74, 6) is -0.291. The highest BCUT2D eigenvalue weighted by atomic mass is 79.9. The predicted molar refractivity (Wildman–Crippen MR) is 56.9 cm³/mol. The second-order valence-corrected chi connectivity index (χ2v) is 4.63. The van der Waals surface area contributed by atoms with E-state index in [9.17, 15) is 15.2 Å². The lowest BCUT2D eigenvalue weighted by atomic mass is 10.1. The molecule has 0 bridgehead atoms. The van der Waals surface area contributed by atoms with Gasteiger partial charge in [0.05, 0.1) is 4.92 Å². The molecule has 1 atom stereocenters. The first-order valence-electron chi connectivity index (χ1n) is 4.11. The average molecular weight is 260 g/mol. The molecule has 0 spiro atoms. The molecule has 76 valence electrons. The molecule has 0 heterocycles. The fourth-order valence-corrected chi connectivity index (χ4v) is 1.54. The van der Waals surface area contributed by atoms with Gasteiger partial charge in [-0.05, 0) is 18.1 Å². The van der Waals surface area contributed by atoms with E-state index in [1.165, 1.54) is 12.1 Å². The van der Waals surface area contributed by atoms with Crippen LogP contribution in [0.3, 0.4) is 0 Å². The SMILES string of the molecule is CC(Br)Cc1ccc(O)c([N+](=O)[O-])c1. The van der Waals surface area contributed by atoms with Gasteiger partial charge < -0.3 is 5.11 Å². The Labute approximate surface area is 89.8 Å². The second kappa shape index (κ2) is 4.41. The highest BCUT2D eigenvalue weighted by Crippen LogP contribution is 2.27. The third-order valence-electron chi connectivity index (χ3n) is 1.75. The third kappa shape index (κ3) is 2.70. The highest BCUT2D eigenvalue weighted by molar-refractivity contribution is 9.09. The molecular weight excluding hydrogens is 250 g/mol. The van der Waals surface area contributed by atoms with Crippen molar-refractivity contribution < 1.29 is 10.0 Å². The fourth-order valence-electron chi connectivity index (χ4n) is 1.17. The smallest absolute Gasteiger partial charge is 0.310 e. The second-order valence-electron chi connectivity index (χ2n) is 3.07. The Bertz CT molecular complexity index is 352. The molecule has 0 amide bonds. The lowest BCUT2D eigenvalue weighted by Crippen LogP contribution is -1.97. The number of phenols is 1. The first-order chi connectivity index (χ1) is 6.50. The predicted octanol–water partition coefficient (Wildman–Crippen LogP) is 2.63. The van der Waals surface area contributed by atoms with E-state index in [2.05, 4.69) is 15.9 Å². The Hall–Kier alpha value is -1.10. The maximum Gasteiger partial charge on any atom is 0.310 e. The van der Waals surface area contributed by atoms with E-state index >= 15 is 0 Å².